The first-order valence-corrected chi connectivity index (χ1v) is 32.6. The van der Waals surface area contributed by atoms with Crippen LogP contribution in [0.5, 0.6) is 0 Å². The van der Waals surface area contributed by atoms with Crippen molar-refractivity contribution in [2.24, 2.45) is 20.0 Å². The van der Waals surface area contributed by atoms with Crippen LogP contribution in [0.3, 0.4) is 0 Å². The molecule has 564 valence electrons. The maximum atomic E-state index is 5.67. The molecule has 0 amide bonds. The van der Waals surface area contributed by atoms with Crippen LogP contribution in [-0.4, -0.2) is 23.1 Å². The number of benzene rings is 4. The van der Waals surface area contributed by atoms with Gasteiger partial charge in [0.2, 0.25) is 0 Å². The van der Waals surface area contributed by atoms with E-state index in [1.165, 1.54) is 22.4 Å². The first-order valence-electron chi connectivity index (χ1n) is 32.6. The number of aryl methyl sites for hydroxylation is 8. The number of aliphatic imine (C=N–C) groups is 4. The third-order valence-electron chi connectivity index (χ3n) is 13.6. The van der Waals surface area contributed by atoms with Crippen molar-refractivity contribution >= 4 is 45.8 Å². The maximum absolute atomic E-state index is 5.67. The Balaban J connectivity index is -0.0000000745. The van der Waals surface area contributed by atoms with E-state index in [0.717, 1.165) is 124 Å². The van der Waals surface area contributed by atoms with Crippen molar-refractivity contribution in [3.05, 3.63) is 212 Å². The molecule has 4 aromatic carbocycles. The van der Waals surface area contributed by atoms with Crippen molar-refractivity contribution in [1.82, 2.24) is 0 Å². The Kier molecular flexibility index (Phi) is 86.7. The Labute approximate surface area is 680 Å². The largest absolute Gasteiger partial charge is 0.354 e. The molecule has 0 saturated carbocycles. The molecule has 0 bridgehead atoms. The Morgan fingerprint density at radius 3 is 0.890 bits per heavy atom. The number of allylic oxidation sites excluding steroid dienone is 8. The van der Waals surface area contributed by atoms with Crippen LogP contribution in [0.2, 0.25) is 0 Å². The molecule has 8 nitrogen and oxygen atoms in total. The van der Waals surface area contributed by atoms with Crippen LogP contribution in [0.15, 0.2) is 163 Å². The number of rotatable bonds is 4. The van der Waals surface area contributed by atoms with E-state index in [1.54, 1.807) is 0 Å². The SMILES string of the molecule is C.C.C.C.C.C.C#CC1=C(C)C(C)=NC(=C)N1c1c[c-]c(C)cc1C.C#CC1=NC(C)=C(C)C(=C)N1c1c[c-]c(C)cc1C.C=C1C(C)=C(C)N=C(C)N1c1c[c-]c(C)cc1C.C=C1N=C(C)C(C)=C(C)N1c1c[c-]c(C)cc1C.CC.CC.CC.CC.CC.CC.CC.CC.[W].[W].[W].[W]. The van der Waals surface area contributed by atoms with Gasteiger partial charge in [0.15, 0.2) is 5.84 Å². The van der Waals surface area contributed by atoms with Crippen molar-refractivity contribution in [3.63, 3.8) is 0 Å². The van der Waals surface area contributed by atoms with Crippen molar-refractivity contribution in [2.45, 2.75) is 280 Å². The second kappa shape index (κ2) is 68.0. The summed E-state index contributed by atoms with van der Waals surface area (Å²) in [5, 5.41) is 0. The zero-order chi connectivity index (χ0) is 71.2. The normalized spacial score (nSPS) is 12.2. The van der Waals surface area contributed by atoms with Gasteiger partial charge in [-0.1, -0.05) is 266 Å². The summed E-state index contributed by atoms with van der Waals surface area (Å²) in [5.74, 6) is 8.36. The molecule has 0 fully saturated rings. The van der Waals surface area contributed by atoms with Crippen LogP contribution in [0.4, 0.5) is 22.7 Å². The number of amidine groups is 2. The molecule has 0 spiro atoms. The molecule has 8 rings (SSSR count). The fourth-order valence-electron chi connectivity index (χ4n) is 8.83. The van der Waals surface area contributed by atoms with Crippen LogP contribution in [0.25, 0.3) is 0 Å². The molecule has 0 saturated heterocycles. The van der Waals surface area contributed by atoms with E-state index < -0.39 is 0 Å². The number of nitrogens with zero attached hydrogens (tertiary/aromatic N) is 8. The molecule has 0 aromatic heterocycles. The molecular weight excluding hydrogens is 1900 g/mol. The average Bonchev–Trinajstić information content (AvgIpc) is 0.813. The Hall–Kier alpha value is -5.45. The summed E-state index contributed by atoms with van der Waals surface area (Å²) in [7, 11) is 0. The van der Waals surface area contributed by atoms with Gasteiger partial charge in [0.05, 0.1) is 11.5 Å². The van der Waals surface area contributed by atoms with Gasteiger partial charge in [-0.15, -0.1) is 35.1 Å². The summed E-state index contributed by atoms with van der Waals surface area (Å²) in [6.45, 7) is 85.1. The molecule has 0 atom stereocenters. The van der Waals surface area contributed by atoms with E-state index in [9.17, 15) is 0 Å². The van der Waals surface area contributed by atoms with Gasteiger partial charge >= 0.3 is 0 Å². The molecule has 4 heterocycles. The molecule has 12 heteroatoms. The van der Waals surface area contributed by atoms with Gasteiger partial charge in [0, 0.05) is 130 Å². The first kappa shape index (κ1) is 128. The van der Waals surface area contributed by atoms with Crippen LogP contribution in [0.1, 0.15) is 269 Å². The van der Waals surface area contributed by atoms with Crippen molar-refractivity contribution in [3.8, 4) is 24.7 Å². The summed E-state index contributed by atoms with van der Waals surface area (Å²) >= 11 is 0. The quantitative estimate of drug-likeness (QED) is 0.151. The zero-order valence-corrected chi connectivity index (χ0v) is 76.5. The summed E-state index contributed by atoms with van der Waals surface area (Å²) in [6.07, 6.45) is 11.3. The predicted octanol–water partition coefficient (Wildman–Crippen LogP) is 27.8. The Morgan fingerprint density at radius 1 is 0.330 bits per heavy atom. The molecule has 4 aromatic rings. The van der Waals surface area contributed by atoms with Crippen LogP contribution in [0, 0.1) is 104 Å². The van der Waals surface area contributed by atoms with Crippen LogP contribution in [-0.2, 0) is 84.3 Å². The molecule has 0 aliphatic carbocycles. The van der Waals surface area contributed by atoms with E-state index in [1.807, 2.05) is 207 Å². The molecule has 100 heavy (non-hydrogen) atoms. The number of hydrogen-bond donors (Lipinski definition) is 0. The second-order valence-corrected chi connectivity index (χ2v) is 19.2. The van der Waals surface area contributed by atoms with E-state index >= 15 is 0 Å². The minimum absolute atomic E-state index is 0. The zero-order valence-electron chi connectivity index (χ0n) is 64.8. The monoisotopic (exact) mass is 2050 g/mol. The maximum Gasteiger partial charge on any atom is 0.178 e. The predicted molar refractivity (Wildman–Crippen MR) is 449 cm³/mol. The molecule has 0 N–H and O–H groups in total. The van der Waals surface area contributed by atoms with E-state index in [-0.39, 0.29) is 129 Å². The first-order chi connectivity index (χ1) is 42.7. The fourth-order valence-corrected chi connectivity index (χ4v) is 8.83. The van der Waals surface area contributed by atoms with E-state index in [0.29, 0.717) is 11.7 Å². The van der Waals surface area contributed by atoms with Gasteiger partial charge in [-0.25, -0.2) is 20.0 Å². The molecule has 0 radical (unpaired) electrons. The van der Waals surface area contributed by atoms with Crippen molar-refractivity contribution in [2.75, 3.05) is 19.6 Å². The summed E-state index contributed by atoms with van der Waals surface area (Å²) in [4.78, 5) is 26.1. The Bertz CT molecular complexity index is 3380. The smallest absolute Gasteiger partial charge is 0.178 e. The standard InChI is InChI=1S/2C17H17N2.2C16H19N2.8C2H6.6CH4.4W/c1-7-16-13(4)14(5)18-15(6)19(16)17-9-8-11(2)10-12(17)3;1-7-17-18-14(5)13(4)15(6)19(17)16-9-8-11(2)10-12(16)3;2*1-10-7-8-16(11(2)9-10)18-14(5)12(3)13(4)17-15(18)6;8*1-2;;;;;;;;;;/h2*1,9-10H,6H2,2-5H3;8-9H,6H2,1-5H3;8-9H,5H2,1-4,6H3;8*1-2H3;6*1H4;;;;/q4*-1;;;;;;;;;;;;;;;;;;. The van der Waals surface area contributed by atoms with Gasteiger partial charge in [-0.2, -0.15) is 95.1 Å². The minimum atomic E-state index is 0. The topological polar surface area (TPSA) is 62.4 Å². The molecule has 4 aliphatic heterocycles. The van der Waals surface area contributed by atoms with Gasteiger partial charge in [0.1, 0.15) is 11.6 Å². The van der Waals surface area contributed by atoms with E-state index in [4.69, 9.17) is 12.8 Å². The van der Waals surface area contributed by atoms with Crippen molar-refractivity contribution < 1.29 is 84.3 Å². The molecule has 0 unspecified atom stereocenters. The second-order valence-electron chi connectivity index (χ2n) is 19.2. The van der Waals surface area contributed by atoms with Gasteiger partial charge in [-0.3, -0.25) is 0 Å². The van der Waals surface area contributed by atoms with Gasteiger partial charge in [-0.05, 0) is 91.9 Å². The van der Waals surface area contributed by atoms with Gasteiger partial charge < -0.3 is 19.6 Å². The average molecular weight is 2050 g/mol. The number of terminal acetylenes is 2. The number of hydrogen-bond acceptors (Lipinski definition) is 8. The summed E-state index contributed by atoms with van der Waals surface area (Å²) in [6, 6.07) is 29.3. The van der Waals surface area contributed by atoms with Crippen LogP contribution >= 0.6 is 0 Å². The summed E-state index contributed by atoms with van der Waals surface area (Å²) < 4.78 is 0. The van der Waals surface area contributed by atoms with Crippen molar-refractivity contribution in [1.29, 1.82) is 0 Å². The third kappa shape index (κ3) is 36.1. The fraction of sp³-hybridized carbons (Fsp3) is 0.455. The number of anilines is 4. The third-order valence-corrected chi connectivity index (χ3v) is 13.6. The summed E-state index contributed by atoms with van der Waals surface area (Å²) in [5.41, 5.74) is 25.6. The van der Waals surface area contributed by atoms with Crippen LogP contribution < -0.4 is 19.6 Å². The molecular formula is C88H144N8W4-4. The van der Waals surface area contributed by atoms with E-state index in [2.05, 4.69) is 179 Å². The Morgan fingerprint density at radius 2 is 0.590 bits per heavy atom. The van der Waals surface area contributed by atoms with Gasteiger partial charge in [0.25, 0.3) is 0 Å². The minimum Gasteiger partial charge on any atom is -0.354 e. The molecule has 4 aliphatic rings.